The fourth-order valence-corrected chi connectivity index (χ4v) is 0.477. The van der Waals surface area contributed by atoms with Crippen LogP contribution in [-0.2, 0) is 9.53 Å². The molecule has 0 aromatic heterocycles. The zero-order valence-electron chi connectivity index (χ0n) is 6.72. The Morgan fingerprint density at radius 2 is 1.12 bits per heavy atom. The van der Waals surface area contributed by atoms with Crippen molar-refractivity contribution in [2.75, 3.05) is 0 Å². The SMILES string of the molecule is O=[C]OC(F)(F)C(F)(F)C(F)(F)C(F)(F)F. The van der Waals surface area contributed by atoms with Crippen LogP contribution in [0.5, 0.6) is 0 Å². The largest absolute Gasteiger partial charge is 0.473 e. The highest BCUT2D eigenvalue weighted by Crippen LogP contribution is 2.53. The van der Waals surface area contributed by atoms with E-state index in [2.05, 4.69) is 4.74 Å². The molecule has 0 heterocycles. The average Bonchev–Trinajstić information content (AvgIpc) is 2.01. The Hall–Kier alpha value is -1.16. The van der Waals surface area contributed by atoms with Gasteiger partial charge < -0.3 is 4.74 Å². The Balaban J connectivity index is 5.42. The first kappa shape index (κ1) is 14.8. The smallest absolute Gasteiger partial charge is 0.387 e. The molecule has 0 saturated carbocycles. The number of halogens is 9. The van der Waals surface area contributed by atoms with Gasteiger partial charge in [0.25, 0.3) is 0 Å². The predicted molar refractivity (Wildman–Crippen MR) is 27.7 cm³/mol. The summed E-state index contributed by atoms with van der Waals surface area (Å²) in [5, 5.41) is 0. The zero-order chi connectivity index (χ0) is 13.4. The van der Waals surface area contributed by atoms with Gasteiger partial charge in [-0.15, -0.1) is 0 Å². The van der Waals surface area contributed by atoms with Gasteiger partial charge >= 0.3 is 30.6 Å². The van der Waals surface area contributed by atoms with Gasteiger partial charge in [0.05, 0.1) is 0 Å². The van der Waals surface area contributed by atoms with Crippen LogP contribution in [0.1, 0.15) is 0 Å². The molecule has 1 radical (unpaired) electrons. The second kappa shape index (κ2) is 3.70. The van der Waals surface area contributed by atoms with Crippen LogP contribution in [0.15, 0.2) is 0 Å². The van der Waals surface area contributed by atoms with Crippen LogP contribution in [0.2, 0.25) is 0 Å². The van der Waals surface area contributed by atoms with Crippen molar-refractivity contribution in [1.82, 2.24) is 0 Å². The van der Waals surface area contributed by atoms with Gasteiger partial charge in [0, 0.05) is 0 Å². The van der Waals surface area contributed by atoms with E-state index in [1.54, 1.807) is 0 Å². The van der Waals surface area contributed by atoms with Gasteiger partial charge in [-0.1, -0.05) is 0 Å². The molecule has 0 aromatic carbocycles. The van der Waals surface area contributed by atoms with Crippen LogP contribution in [0.25, 0.3) is 0 Å². The van der Waals surface area contributed by atoms with E-state index in [0.29, 0.717) is 0 Å². The van der Waals surface area contributed by atoms with Gasteiger partial charge in [-0.3, -0.25) is 0 Å². The topological polar surface area (TPSA) is 26.3 Å². The van der Waals surface area contributed by atoms with E-state index < -0.39 is 24.1 Å². The number of ether oxygens (including phenoxy) is 1. The molecule has 0 fully saturated rings. The number of hydrogen-bond acceptors (Lipinski definition) is 2. The molecular formula is C5F9O2. The lowest BCUT2D eigenvalue weighted by Gasteiger charge is -2.31. The first-order chi connectivity index (χ1) is 6.81. The Bertz CT molecular complexity index is 268. The van der Waals surface area contributed by atoms with Gasteiger partial charge in [0.2, 0.25) is 0 Å². The molecule has 0 aliphatic heterocycles. The van der Waals surface area contributed by atoms with Crippen LogP contribution in [0, 0.1) is 0 Å². The molecule has 11 heteroatoms. The van der Waals surface area contributed by atoms with E-state index in [1.165, 1.54) is 0 Å². The van der Waals surface area contributed by atoms with Crippen molar-refractivity contribution >= 4 is 6.47 Å². The Morgan fingerprint density at radius 1 is 0.750 bits per heavy atom. The molecule has 0 aromatic rings. The maximum Gasteiger partial charge on any atom is 0.473 e. The summed E-state index contributed by atoms with van der Waals surface area (Å²) in [6.07, 6.45) is -13.3. The minimum absolute atomic E-state index is 0.343. The van der Waals surface area contributed by atoms with Crippen LogP contribution in [-0.4, -0.2) is 30.6 Å². The normalized spacial score (nSPS) is 14.8. The van der Waals surface area contributed by atoms with Gasteiger partial charge in [-0.2, -0.15) is 39.5 Å². The minimum atomic E-state index is -7.07. The van der Waals surface area contributed by atoms with Crippen LogP contribution >= 0.6 is 0 Å². The fourth-order valence-electron chi connectivity index (χ4n) is 0.477. The standard InChI is InChI=1S/C5F9O2/c6-2(7,4(10,11)12)3(8,9)5(13,14)16-1-15. The lowest BCUT2D eigenvalue weighted by Crippen LogP contribution is -2.61. The van der Waals surface area contributed by atoms with E-state index in [4.69, 9.17) is 4.79 Å². The van der Waals surface area contributed by atoms with Crippen molar-refractivity contribution in [2.24, 2.45) is 0 Å². The number of rotatable bonds is 4. The first-order valence-electron chi connectivity index (χ1n) is 3.06. The highest BCUT2D eigenvalue weighted by atomic mass is 19.4. The lowest BCUT2D eigenvalue weighted by molar-refractivity contribution is -0.431. The molecule has 95 valence electrons. The summed E-state index contributed by atoms with van der Waals surface area (Å²) >= 11 is 0. The van der Waals surface area contributed by atoms with Crippen molar-refractivity contribution < 1.29 is 49.0 Å². The fraction of sp³-hybridized carbons (Fsp3) is 0.800. The molecule has 0 unspecified atom stereocenters. The summed E-state index contributed by atoms with van der Waals surface area (Å²) in [6, 6.07) is 0. The molecule has 0 amide bonds. The Kier molecular flexibility index (Phi) is 3.43. The van der Waals surface area contributed by atoms with Crippen molar-refractivity contribution in [3.63, 3.8) is 0 Å². The third-order valence-corrected chi connectivity index (χ3v) is 1.29. The van der Waals surface area contributed by atoms with Gasteiger partial charge in [-0.25, -0.2) is 4.79 Å². The van der Waals surface area contributed by atoms with E-state index in [1.807, 2.05) is 0 Å². The molecule has 2 nitrogen and oxygen atoms in total. The van der Waals surface area contributed by atoms with Crippen molar-refractivity contribution in [1.29, 1.82) is 0 Å². The number of alkyl halides is 9. The van der Waals surface area contributed by atoms with Crippen molar-refractivity contribution in [3.05, 3.63) is 0 Å². The van der Waals surface area contributed by atoms with E-state index in [-0.39, 0.29) is 6.47 Å². The van der Waals surface area contributed by atoms with Crippen LogP contribution < -0.4 is 0 Å². The number of hydrogen-bond donors (Lipinski definition) is 0. The molecule has 0 atom stereocenters. The second-order valence-corrected chi connectivity index (χ2v) is 2.35. The molecule has 16 heavy (non-hydrogen) atoms. The summed E-state index contributed by atoms with van der Waals surface area (Å²) in [5.41, 5.74) is 0. The summed E-state index contributed by atoms with van der Waals surface area (Å²) in [7, 11) is 0. The maximum atomic E-state index is 12.1. The van der Waals surface area contributed by atoms with E-state index in [9.17, 15) is 39.5 Å². The highest BCUT2D eigenvalue weighted by molar-refractivity contribution is 5.39. The Morgan fingerprint density at radius 3 is 1.38 bits per heavy atom. The molecule has 0 N–H and O–H groups in total. The van der Waals surface area contributed by atoms with E-state index >= 15 is 0 Å². The highest BCUT2D eigenvalue weighted by Gasteiger charge is 2.83. The molecular weight excluding hydrogens is 263 g/mol. The molecule has 0 saturated heterocycles. The van der Waals surface area contributed by atoms with Gasteiger partial charge in [0.1, 0.15) is 0 Å². The zero-order valence-corrected chi connectivity index (χ0v) is 6.72. The molecule has 0 bridgehead atoms. The summed E-state index contributed by atoms with van der Waals surface area (Å²) in [6.45, 7) is -0.343. The molecule has 0 spiro atoms. The maximum absolute atomic E-state index is 12.1. The van der Waals surface area contributed by atoms with Crippen LogP contribution in [0.4, 0.5) is 39.5 Å². The monoisotopic (exact) mass is 263 g/mol. The van der Waals surface area contributed by atoms with Crippen molar-refractivity contribution in [3.8, 4) is 0 Å². The minimum Gasteiger partial charge on any atom is -0.387 e. The van der Waals surface area contributed by atoms with Gasteiger partial charge in [-0.05, 0) is 0 Å². The third kappa shape index (κ3) is 2.02. The molecule has 0 rings (SSSR count). The second-order valence-electron chi connectivity index (χ2n) is 2.35. The summed E-state index contributed by atoms with van der Waals surface area (Å²) in [4.78, 5) is 9.16. The summed E-state index contributed by atoms with van der Waals surface area (Å²) in [5.74, 6) is -14.0. The van der Waals surface area contributed by atoms with Gasteiger partial charge in [0.15, 0.2) is 0 Å². The first-order valence-corrected chi connectivity index (χ1v) is 3.06. The Labute approximate surface area is 81.0 Å². The molecule has 0 aliphatic carbocycles. The molecule has 0 aliphatic rings. The van der Waals surface area contributed by atoms with Crippen molar-refractivity contribution in [2.45, 2.75) is 24.1 Å². The predicted octanol–water partition coefficient (Wildman–Crippen LogP) is 2.50. The quantitative estimate of drug-likeness (QED) is 0.728. The number of carbonyl (C=O) groups excluding carboxylic acids is 1. The average molecular weight is 263 g/mol. The summed E-state index contributed by atoms with van der Waals surface area (Å²) < 4.78 is 108. The van der Waals surface area contributed by atoms with Crippen LogP contribution in [0.3, 0.4) is 0 Å². The third-order valence-electron chi connectivity index (χ3n) is 1.29. The lowest BCUT2D eigenvalue weighted by atomic mass is 10.1. The van der Waals surface area contributed by atoms with E-state index in [0.717, 1.165) is 0 Å².